The Bertz CT molecular complexity index is 534. The number of ether oxygens (including phenoxy) is 1. The molecule has 1 rings (SSSR count). The molecule has 1 atom stereocenters. The van der Waals surface area contributed by atoms with Crippen LogP contribution in [0, 0.1) is 11.3 Å². The van der Waals surface area contributed by atoms with Crippen molar-refractivity contribution in [3.05, 3.63) is 29.8 Å². The highest BCUT2D eigenvalue weighted by molar-refractivity contribution is 5.87. The summed E-state index contributed by atoms with van der Waals surface area (Å²) < 4.78 is 5.29. The minimum absolute atomic E-state index is 0.149. The molecule has 6 heteroatoms. The number of hydrogen-bond donors (Lipinski definition) is 1. The van der Waals surface area contributed by atoms with Crippen molar-refractivity contribution in [1.82, 2.24) is 10.2 Å². The number of carbonyl (C=O) groups excluding carboxylic acids is 2. The molecule has 0 aliphatic carbocycles. The lowest BCUT2D eigenvalue weighted by Gasteiger charge is -2.20. The van der Waals surface area contributed by atoms with E-state index < -0.39 is 6.04 Å². The summed E-state index contributed by atoms with van der Waals surface area (Å²) in [5, 5.41) is 11.3. The Morgan fingerprint density at radius 3 is 2.52 bits per heavy atom. The predicted molar refractivity (Wildman–Crippen MR) is 77.6 cm³/mol. The first-order valence-corrected chi connectivity index (χ1v) is 6.65. The van der Waals surface area contributed by atoms with Gasteiger partial charge in [-0.25, -0.2) is 0 Å². The molecular formula is C15H19N3O3. The van der Waals surface area contributed by atoms with Crippen molar-refractivity contribution in [3.63, 3.8) is 0 Å². The maximum atomic E-state index is 11.8. The third-order valence-electron chi connectivity index (χ3n) is 2.95. The minimum Gasteiger partial charge on any atom is -0.484 e. The first-order valence-electron chi connectivity index (χ1n) is 6.65. The molecule has 0 spiro atoms. The standard InChI is InChI=1S/C15H19N3O3/c1-4-18(3)15(20)11(2)17-14(19)10-21-13-7-5-12(9-16)6-8-13/h5-8,11H,4,10H2,1-3H3,(H,17,19). The lowest BCUT2D eigenvalue weighted by molar-refractivity contribution is -0.135. The van der Waals surface area contributed by atoms with Crippen molar-refractivity contribution in [3.8, 4) is 11.8 Å². The van der Waals surface area contributed by atoms with Gasteiger partial charge in [-0.05, 0) is 38.1 Å². The molecule has 2 amide bonds. The molecule has 0 aliphatic rings. The van der Waals surface area contributed by atoms with Crippen molar-refractivity contribution in [2.45, 2.75) is 19.9 Å². The van der Waals surface area contributed by atoms with E-state index in [1.165, 1.54) is 4.90 Å². The van der Waals surface area contributed by atoms with Crippen LogP contribution in [-0.2, 0) is 9.59 Å². The molecule has 0 heterocycles. The van der Waals surface area contributed by atoms with E-state index in [2.05, 4.69) is 5.32 Å². The Morgan fingerprint density at radius 1 is 1.38 bits per heavy atom. The van der Waals surface area contributed by atoms with Gasteiger partial charge in [0.15, 0.2) is 6.61 Å². The van der Waals surface area contributed by atoms with E-state index in [1.807, 2.05) is 13.0 Å². The third kappa shape index (κ3) is 5.15. The Kier molecular flexibility index (Phi) is 6.21. The minimum atomic E-state index is -0.591. The monoisotopic (exact) mass is 289 g/mol. The van der Waals surface area contributed by atoms with E-state index in [-0.39, 0.29) is 18.4 Å². The smallest absolute Gasteiger partial charge is 0.258 e. The molecule has 0 saturated heterocycles. The number of likely N-dealkylation sites (N-methyl/N-ethyl adjacent to an activating group) is 1. The number of benzene rings is 1. The number of nitrogens with one attached hydrogen (secondary N) is 1. The molecule has 0 radical (unpaired) electrons. The van der Waals surface area contributed by atoms with Crippen LogP contribution in [0.25, 0.3) is 0 Å². The fourth-order valence-electron chi connectivity index (χ4n) is 1.61. The molecule has 1 N–H and O–H groups in total. The molecule has 0 fully saturated rings. The largest absolute Gasteiger partial charge is 0.484 e. The van der Waals surface area contributed by atoms with Crippen molar-refractivity contribution < 1.29 is 14.3 Å². The average molecular weight is 289 g/mol. The Hall–Kier alpha value is -2.55. The van der Waals surface area contributed by atoms with Crippen LogP contribution >= 0.6 is 0 Å². The molecule has 1 aromatic rings. The lowest BCUT2D eigenvalue weighted by Crippen LogP contribution is -2.46. The van der Waals surface area contributed by atoms with Gasteiger partial charge < -0.3 is 15.0 Å². The highest BCUT2D eigenvalue weighted by atomic mass is 16.5. The highest BCUT2D eigenvalue weighted by Crippen LogP contribution is 2.11. The average Bonchev–Trinajstić information content (AvgIpc) is 2.51. The second-order valence-corrected chi connectivity index (χ2v) is 4.57. The second kappa shape index (κ2) is 7.90. The Balaban J connectivity index is 2.43. The normalized spacial score (nSPS) is 11.1. The van der Waals surface area contributed by atoms with Crippen LogP contribution in [0.5, 0.6) is 5.75 Å². The Morgan fingerprint density at radius 2 is 2.00 bits per heavy atom. The molecule has 0 aromatic heterocycles. The van der Waals surface area contributed by atoms with Crippen LogP contribution in [-0.4, -0.2) is 43.0 Å². The summed E-state index contributed by atoms with van der Waals surface area (Å²) in [5.74, 6) is -0.0252. The van der Waals surface area contributed by atoms with Crippen molar-refractivity contribution in [2.75, 3.05) is 20.2 Å². The first-order chi connectivity index (χ1) is 9.97. The molecule has 0 bridgehead atoms. The van der Waals surface area contributed by atoms with E-state index >= 15 is 0 Å². The number of rotatable bonds is 6. The quantitative estimate of drug-likeness (QED) is 0.844. The summed E-state index contributed by atoms with van der Waals surface area (Å²) in [7, 11) is 1.68. The summed E-state index contributed by atoms with van der Waals surface area (Å²) >= 11 is 0. The summed E-state index contributed by atoms with van der Waals surface area (Å²) in [5.41, 5.74) is 0.522. The van der Waals surface area contributed by atoms with Crippen LogP contribution < -0.4 is 10.1 Å². The number of carbonyl (C=O) groups is 2. The number of amides is 2. The van der Waals surface area contributed by atoms with Gasteiger partial charge in [0, 0.05) is 13.6 Å². The van der Waals surface area contributed by atoms with Crippen LogP contribution in [0.3, 0.4) is 0 Å². The molecule has 0 aliphatic heterocycles. The summed E-state index contributed by atoms with van der Waals surface area (Å²) in [4.78, 5) is 25.0. The molecular weight excluding hydrogens is 270 g/mol. The van der Waals surface area contributed by atoms with Gasteiger partial charge in [0.1, 0.15) is 11.8 Å². The molecule has 0 saturated carbocycles. The molecule has 112 valence electrons. The SMILES string of the molecule is CCN(C)C(=O)C(C)NC(=O)COc1ccc(C#N)cc1. The number of hydrogen-bond acceptors (Lipinski definition) is 4. The van der Waals surface area contributed by atoms with Gasteiger partial charge in [0.25, 0.3) is 5.91 Å². The van der Waals surface area contributed by atoms with Crippen molar-refractivity contribution in [1.29, 1.82) is 5.26 Å². The van der Waals surface area contributed by atoms with Gasteiger partial charge in [0.2, 0.25) is 5.91 Å². The molecule has 6 nitrogen and oxygen atoms in total. The van der Waals surface area contributed by atoms with E-state index in [1.54, 1.807) is 38.2 Å². The van der Waals surface area contributed by atoms with Gasteiger partial charge in [0.05, 0.1) is 11.6 Å². The molecule has 21 heavy (non-hydrogen) atoms. The molecule has 1 unspecified atom stereocenters. The van der Waals surface area contributed by atoms with Gasteiger partial charge >= 0.3 is 0 Å². The Labute approximate surface area is 124 Å². The maximum Gasteiger partial charge on any atom is 0.258 e. The molecule has 1 aromatic carbocycles. The van der Waals surface area contributed by atoms with Crippen LogP contribution in [0.2, 0.25) is 0 Å². The predicted octanol–water partition coefficient (Wildman–Crippen LogP) is 0.920. The van der Waals surface area contributed by atoms with Crippen molar-refractivity contribution in [2.24, 2.45) is 0 Å². The topological polar surface area (TPSA) is 82.4 Å². The fourth-order valence-corrected chi connectivity index (χ4v) is 1.61. The number of nitrogens with zero attached hydrogens (tertiary/aromatic N) is 2. The van der Waals surface area contributed by atoms with Gasteiger partial charge in [-0.2, -0.15) is 5.26 Å². The van der Waals surface area contributed by atoms with E-state index in [0.717, 1.165) is 0 Å². The third-order valence-corrected chi connectivity index (χ3v) is 2.95. The van der Waals surface area contributed by atoms with Crippen LogP contribution in [0.15, 0.2) is 24.3 Å². The zero-order chi connectivity index (χ0) is 15.8. The van der Waals surface area contributed by atoms with Gasteiger partial charge in [-0.15, -0.1) is 0 Å². The second-order valence-electron chi connectivity index (χ2n) is 4.57. The zero-order valence-electron chi connectivity index (χ0n) is 12.4. The van der Waals surface area contributed by atoms with E-state index in [4.69, 9.17) is 10.00 Å². The first kappa shape index (κ1) is 16.5. The van der Waals surface area contributed by atoms with Crippen LogP contribution in [0.1, 0.15) is 19.4 Å². The van der Waals surface area contributed by atoms with Gasteiger partial charge in [-0.1, -0.05) is 0 Å². The van der Waals surface area contributed by atoms with Crippen molar-refractivity contribution >= 4 is 11.8 Å². The summed E-state index contributed by atoms with van der Waals surface area (Å²) in [6.07, 6.45) is 0. The highest BCUT2D eigenvalue weighted by Gasteiger charge is 2.18. The maximum absolute atomic E-state index is 11.8. The van der Waals surface area contributed by atoms with Crippen LogP contribution in [0.4, 0.5) is 0 Å². The lowest BCUT2D eigenvalue weighted by atomic mass is 10.2. The summed E-state index contributed by atoms with van der Waals surface area (Å²) in [6, 6.07) is 7.85. The zero-order valence-corrected chi connectivity index (χ0v) is 12.4. The van der Waals surface area contributed by atoms with Gasteiger partial charge in [-0.3, -0.25) is 9.59 Å². The van der Waals surface area contributed by atoms with E-state index in [9.17, 15) is 9.59 Å². The fraction of sp³-hybridized carbons (Fsp3) is 0.400. The van der Waals surface area contributed by atoms with E-state index in [0.29, 0.717) is 17.9 Å². The summed E-state index contributed by atoms with van der Waals surface area (Å²) in [6.45, 7) is 3.90. The number of nitriles is 1.